The Kier molecular flexibility index (Phi) is 2.33. The van der Waals surface area contributed by atoms with Gasteiger partial charge in [0.15, 0.2) is 0 Å². The highest BCUT2D eigenvalue weighted by Gasteiger charge is 2.23. The van der Waals surface area contributed by atoms with Gasteiger partial charge in [-0.25, -0.2) is 4.98 Å². The first kappa shape index (κ1) is 8.72. The Morgan fingerprint density at radius 1 is 1.77 bits per heavy atom. The van der Waals surface area contributed by atoms with Crippen LogP contribution in [0.5, 0.6) is 0 Å². The molecule has 0 bridgehead atoms. The fourth-order valence-electron chi connectivity index (χ4n) is 1.95. The van der Waals surface area contributed by atoms with E-state index >= 15 is 0 Å². The van der Waals surface area contributed by atoms with Gasteiger partial charge in [-0.2, -0.15) is 0 Å². The van der Waals surface area contributed by atoms with Gasteiger partial charge in [0.2, 0.25) is 0 Å². The van der Waals surface area contributed by atoms with Crippen LogP contribution in [0.2, 0.25) is 0 Å². The molecule has 4 nitrogen and oxygen atoms in total. The molecule has 0 unspecified atom stereocenters. The number of aromatic nitrogens is 2. The molecule has 1 N–H and O–H groups in total. The van der Waals surface area contributed by atoms with Gasteiger partial charge in [-0.05, 0) is 0 Å². The van der Waals surface area contributed by atoms with Gasteiger partial charge >= 0.3 is 0 Å². The number of nitrogens with zero attached hydrogens (tertiary/aromatic N) is 2. The van der Waals surface area contributed by atoms with Crippen LogP contribution >= 0.6 is 0 Å². The van der Waals surface area contributed by atoms with E-state index in [0.717, 1.165) is 25.4 Å². The molecule has 13 heavy (non-hydrogen) atoms. The van der Waals surface area contributed by atoms with Crippen molar-refractivity contribution in [2.75, 3.05) is 20.3 Å². The van der Waals surface area contributed by atoms with E-state index in [-0.39, 0.29) is 0 Å². The monoisotopic (exact) mass is 181 g/mol. The maximum atomic E-state index is 5.18. The van der Waals surface area contributed by atoms with E-state index in [1.165, 1.54) is 5.69 Å². The maximum absolute atomic E-state index is 5.18. The lowest BCUT2D eigenvalue weighted by molar-refractivity contribution is 0.172. The van der Waals surface area contributed by atoms with E-state index in [2.05, 4.69) is 14.9 Å². The minimum atomic E-state index is 0.446. The van der Waals surface area contributed by atoms with Gasteiger partial charge in [0, 0.05) is 38.9 Å². The predicted octanol–water partition coefficient (Wildman–Crippen LogP) is 0.253. The molecule has 1 aliphatic heterocycles. The van der Waals surface area contributed by atoms with Crippen LogP contribution in [-0.4, -0.2) is 29.8 Å². The Morgan fingerprint density at radius 3 is 3.38 bits per heavy atom. The number of fused-ring (bicyclic) bond motifs is 1. The topological polar surface area (TPSA) is 39.1 Å². The second-order valence-corrected chi connectivity index (χ2v) is 3.47. The highest BCUT2D eigenvalue weighted by atomic mass is 16.5. The van der Waals surface area contributed by atoms with Gasteiger partial charge in [0.1, 0.15) is 0 Å². The number of aryl methyl sites for hydroxylation is 1. The van der Waals surface area contributed by atoms with Gasteiger partial charge in [-0.1, -0.05) is 0 Å². The molecule has 0 saturated carbocycles. The van der Waals surface area contributed by atoms with Crippen molar-refractivity contribution >= 4 is 0 Å². The number of nitrogens with one attached hydrogen (secondary N) is 1. The summed E-state index contributed by atoms with van der Waals surface area (Å²) in [7, 11) is 3.78. The predicted molar refractivity (Wildman–Crippen MR) is 49.5 cm³/mol. The van der Waals surface area contributed by atoms with Gasteiger partial charge in [-0.15, -0.1) is 0 Å². The van der Waals surface area contributed by atoms with Crippen molar-refractivity contribution in [3.63, 3.8) is 0 Å². The Hall–Kier alpha value is -0.870. The zero-order valence-corrected chi connectivity index (χ0v) is 8.08. The van der Waals surface area contributed by atoms with Crippen molar-refractivity contribution in [2.24, 2.45) is 7.05 Å². The Morgan fingerprint density at radius 2 is 2.62 bits per heavy atom. The third-order valence-electron chi connectivity index (χ3n) is 2.50. The molecule has 0 radical (unpaired) electrons. The highest BCUT2D eigenvalue weighted by molar-refractivity contribution is 5.21. The summed E-state index contributed by atoms with van der Waals surface area (Å²) in [4.78, 5) is 4.33. The summed E-state index contributed by atoms with van der Waals surface area (Å²) in [5, 5.41) is 3.33. The van der Waals surface area contributed by atoms with Crippen LogP contribution in [0.1, 0.15) is 17.3 Å². The molecule has 0 saturated heterocycles. The molecule has 1 atom stereocenters. The van der Waals surface area contributed by atoms with Crippen molar-refractivity contribution in [3.05, 3.63) is 17.7 Å². The molecule has 0 amide bonds. The molecular formula is C9H15N3O. The van der Waals surface area contributed by atoms with E-state index < -0.39 is 0 Å². The number of ether oxygens (including phenoxy) is 1. The van der Waals surface area contributed by atoms with Crippen LogP contribution in [0.25, 0.3) is 0 Å². The number of methoxy groups -OCH3 is 1. The van der Waals surface area contributed by atoms with Crippen LogP contribution in [0, 0.1) is 0 Å². The van der Waals surface area contributed by atoms with Crippen LogP contribution in [0.15, 0.2) is 6.33 Å². The van der Waals surface area contributed by atoms with Crippen molar-refractivity contribution < 1.29 is 4.74 Å². The first-order chi connectivity index (χ1) is 6.33. The molecule has 2 heterocycles. The zero-order valence-electron chi connectivity index (χ0n) is 8.08. The molecule has 0 spiro atoms. The van der Waals surface area contributed by atoms with E-state index in [9.17, 15) is 0 Å². The summed E-state index contributed by atoms with van der Waals surface area (Å²) in [6.07, 6.45) is 1.88. The first-order valence-corrected chi connectivity index (χ1v) is 4.52. The van der Waals surface area contributed by atoms with Crippen LogP contribution < -0.4 is 5.32 Å². The summed E-state index contributed by atoms with van der Waals surface area (Å²) >= 11 is 0. The quantitative estimate of drug-likeness (QED) is 0.711. The molecule has 0 fully saturated rings. The average Bonchev–Trinajstić information content (AvgIpc) is 2.50. The Balaban J connectivity index is 2.29. The fraction of sp³-hybridized carbons (Fsp3) is 0.667. The number of imidazole rings is 1. The smallest absolute Gasteiger partial charge is 0.0949 e. The Labute approximate surface area is 77.9 Å². The molecule has 1 aliphatic rings. The lowest BCUT2D eigenvalue weighted by Gasteiger charge is -2.23. The number of rotatable bonds is 2. The van der Waals surface area contributed by atoms with Crippen LogP contribution in [0.3, 0.4) is 0 Å². The zero-order chi connectivity index (χ0) is 9.26. The number of hydrogen-bond acceptors (Lipinski definition) is 3. The van der Waals surface area contributed by atoms with Crippen molar-refractivity contribution in [3.8, 4) is 0 Å². The van der Waals surface area contributed by atoms with Crippen molar-refractivity contribution in [1.82, 2.24) is 14.9 Å². The first-order valence-electron chi connectivity index (χ1n) is 4.52. The minimum absolute atomic E-state index is 0.446. The molecule has 0 aromatic carbocycles. The normalized spacial score (nSPS) is 21.5. The molecular weight excluding hydrogens is 166 g/mol. The van der Waals surface area contributed by atoms with Gasteiger partial charge in [-0.3, -0.25) is 0 Å². The molecule has 1 aromatic heterocycles. The summed E-state index contributed by atoms with van der Waals surface area (Å²) in [6, 6.07) is 0. The number of hydrogen-bond donors (Lipinski definition) is 1. The maximum Gasteiger partial charge on any atom is 0.0949 e. The van der Waals surface area contributed by atoms with E-state index in [0.29, 0.717) is 5.92 Å². The molecule has 72 valence electrons. The van der Waals surface area contributed by atoms with Gasteiger partial charge in [0.05, 0.1) is 18.6 Å². The Bertz CT molecular complexity index is 295. The standard InChI is InChI=1S/C9H15N3O/c1-12-6-11-8-4-10-3-7(5-13-2)9(8)12/h6-7,10H,3-5H2,1-2H3/t7-/m1/s1. The van der Waals surface area contributed by atoms with Gasteiger partial charge in [0.25, 0.3) is 0 Å². The van der Waals surface area contributed by atoms with Crippen LogP contribution in [-0.2, 0) is 18.3 Å². The lowest BCUT2D eigenvalue weighted by atomic mass is 10.0. The molecule has 0 aliphatic carbocycles. The van der Waals surface area contributed by atoms with Crippen LogP contribution in [0.4, 0.5) is 0 Å². The lowest BCUT2D eigenvalue weighted by Crippen LogP contribution is -2.31. The summed E-state index contributed by atoms with van der Waals surface area (Å²) in [5.74, 6) is 0.446. The minimum Gasteiger partial charge on any atom is -0.384 e. The average molecular weight is 181 g/mol. The third kappa shape index (κ3) is 1.47. The largest absolute Gasteiger partial charge is 0.384 e. The third-order valence-corrected chi connectivity index (χ3v) is 2.50. The highest BCUT2D eigenvalue weighted by Crippen LogP contribution is 2.22. The van der Waals surface area contributed by atoms with Crippen molar-refractivity contribution in [1.29, 1.82) is 0 Å². The molecule has 4 heteroatoms. The second-order valence-electron chi connectivity index (χ2n) is 3.47. The summed E-state index contributed by atoms with van der Waals surface area (Å²) < 4.78 is 7.28. The fourth-order valence-corrected chi connectivity index (χ4v) is 1.95. The van der Waals surface area contributed by atoms with E-state index in [4.69, 9.17) is 4.74 Å². The van der Waals surface area contributed by atoms with Gasteiger partial charge < -0.3 is 14.6 Å². The van der Waals surface area contributed by atoms with Crippen molar-refractivity contribution in [2.45, 2.75) is 12.5 Å². The molecule has 2 rings (SSSR count). The molecule has 1 aromatic rings. The SMILES string of the molecule is COC[C@H]1CNCc2ncn(C)c21. The summed E-state index contributed by atoms with van der Waals surface area (Å²) in [6.45, 7) is 2.64. The summed E-state index contributed by atoms with van der Waals surface area (Å²) in [5.41, 5.74) is 2.48. The van der Waals surface area contributed by atoms with E-state index in [1.807, 2.05) is 13.4 Å². The van der Waals surface area contributed by atoms with E-state index in [1.54, 1.807) is 7.11 Å². The second kappa shape index (κ2) is 3.47.